The number of rotatable bonds is 4. The van der Waals surface area contributed by atoms with Gasteiger partial charge in [0.25, 0.3) is 0 Å². The Labute approximate surface area is 258 Å². The maximum atomic E-state index is 5.22. The topological polar surface area (TPSA) is 81.4 Å². The highest BCUT2D eigenvalue weighted by Crippen LogP contribution is 2.34. The number of pyridine rings is 5. The standard InChI is InChI=1S/C38H25N7/c1-2-10-34-29(8-1)30-14-17-40-23-35(30)45(34)36-11-3-9-31(44-36)33-20-27(19-32(43-33)26-7-4-15-39-21-26)28-18-25-13-12-24-6-5-16-41-37(24)38(25)42-22-28/h1-23,32,43H. The van der Waals surface area contributed by atoms with Crippen LogP contribution in [0.15, 0.2) is 140 Å². The Morgan fingerprint density at radius 1 is 0.644 bits per heavy atom. The summed E-state index contributed by atoms with van der Waals surface area (Å²) in [5.41, 5.74) is 8.82. The molecule has 1 unspecified atom stereocenters. The van der Waals surface area contributed by atoms with Crippen molar-refractivity contribution in [3.63, 3.8) is 0 Å². The molecule has 6 aromatic heterocycles. The van der Waals surface area contributed by atoms with Gasteiger partial charge in [-0.1, -0.05) is 48.5 Å². The van der Waals surface area contributed by atoms with Crippen LogP contribution in [0.1, 0.15) is 22.9 Å². The fourth-order valence-corrected chi connectivity index (χ4v) is 6.36. The number of aromatic nitrogens is 6. The van der Waals surface area contributed by atoms with E-state index in [9.17, 15) is 0 Å². The zero-order valence-electron chi connectivity index (χ0n) is 24.0. The number of para-hydroxylation sites is 1. The lowest BCUT2D eigenvalue weighted by Crippen LogP contribution is -2.22. The quantitative estimate of drug-likeness (QED) is 0.214. The minimum absolute atomic E-state index is 0.106. The Balaban J connectivity index is 1.19. The number of dihydropyridines is 1. The maximum Gasteiger partial charge on any atom is 0.138 e. The average molecular weight is 580 g/mol. The molecule has 7 heterocycles. The number of nitrogens with one attached hydrogen (secondary N) is 1. The van der Waals surface area contributed by atoms with Crippen molar-refractivity contribution in [3.05, 3.63) is 157 Å². The molecule has 1 aliphatic heterocycles. The van der Waals surface area contributed by atoms with Gasteiger partial charge < -0.3 is 5.32 Å². The summed E-state index contributed by atoms with van der Waals surface area (Å²) in [4.78, 5) is 23.5. The molecule has 7 heteroatoms. The van der Waals surface area contributed by atoms with Crippen LogP contribution in [-0.4, -0.2) is 29.5 Å². The van der Waals surface area contributed by atoms with Crippen molar-refractivity contribution in [2.24, 2.45) is 0 Å². The molecule has 0 spiro atoms. The molecule has 45 heavy (non-hydrogen) atoms. The lowest BCUT2D eigenvalue weighted by molar-refractivity contribution is 0.758. The van der Waals surface area contributed by atoms with Gasteiger partial charge in [0.1, 0.15) is 5.82 Å². The predicted molar refractivity (Wildman–Crippen MR) is 179 cm³/mol. The highest BCUT2D eigenvalue weighted by Gasteiger charge is 2.21. The van der Waals surface area contributed by atoms with Gasteiger partial charge in [-0.3, -0.25) is 24.5 Å². The summed E-state index contributed by atoms with van der Waals surface area (Å²) in [5.74, 6) is 0.829. The van der Waals surface area contributed by atoms with E-state index in [2.05, 4.69) is 104 Å². The molecule has 1 aliphatic rings. The second-order valence-corrected chi connectivity index (χ2v) is 11.2. The van der Waals surface area contributed by atoms with Crippen molar-refractivity contribution in [3.8, 4) is 5.82 Å². The molecule has 0 saturated heterocycles. The second-order valence-electron chi connectivity index (χ2n) is 11.2. The fraction of sp³-hybridized carbons (Fsp3) is 0.0263. The van der Waals surface area contributed by atoms with Gasteiger partial charge in [-0.05, 0) is 65.8 Å². The smallest absolute Gasteiger partial charge is 0.138 e. The molecule has 0 aliphatic carbocycles. The molecule has 1 atom stereocenters. The highest BCUT2D eigenvalue weighted by molar-refractivity contribution is 6.09. The monoisotopic (exact) mass is 579 g/mol. The van der Waals surface area contributed by atoms with Crippen LogP contribution in [0.25, 0.3) is 60.7 Å². The molecule has 8 aromatic rings. The van der Waals surface area contributed by atoms with Crippen molar-refractivity contribution in [2.45, 2.75) is 6.04 Å². The third-order valence-electron chi connectivity index (χ3n) is 8.47. The third-order valence-corrected chi connectivity index (χ3v) is 8.47. The fourth-order valence-electron chi connectivity index (χ4n) is 6.36. The summed E-state index contributed by atoms with van der Waals surface area (Å²) in [6, 6.07) is 31.0. The van der Waals surface area contributed by atoms with E-state index in [1.165, 1.54) is 5.39 Å². The Morgan fingerprint density at radius 2 is 1.51 bits per heavy atom. The van der Waals surface area contributed by atoms with E-state index in [1.807, 2.05) is 55.2 Å². The van der Waals surface area contributed by atoms with Gasteiger partial charge in [-0.15, -0.1) is 0 Å². The number of hydrogen-bond acceptors (Lipinski definition) is 6. The lowest BCUT2D eigenvalue weighted by Gasteiger charge is -2.25. The van der Waals surface area contributed by atoms with Crippen LogP contribution >= 0.6 is 0 Å². The third kappa shape index (κ3) is 4.24. The van der Waals surface area contributed by atoms with Gasteiger partial charge in [0.05, 0.1) is 45.7 Å². The maximum absolute atomic E-state index is 5.22. The zero-order valence-corrected chi connectivity index (χ0v) is 24.0. The van der Waals surface area contributed by atoms with Gasteiger partial charge in [0, 0.05) is 58.1 Å². The van der Waals surface area contributed by atoms with E-state index in [-0.39, 0.29) is 6.04 Å². The van der Waals surface area contributed by atoms with E-state index in [4.69, 9.17) is 9.97 Å². The molecule has 0 amide bonds. The highest BCUT2D eigenvalue weighted by atomic mass is 15.1. The Bertz CT molecular complexity index is 2420. The molecule has 0 saturated carbocycles. The normalized spacial score (nSPS) is 14.9. The first-order valence-corrected chi connectivity index (χ1v) is 14.8. The number of benzene rings is 2. The molecule has 9 rings (SSSR count). The van der Waals surface area contributed by atoms with Crippen molar-refractivity contribution >= 4 is 54.9 Å². The van der Waals surface area contributed by atoms with Gasteiger partial charge >= 0.3 is 0 Å². The zero-order chi connectivity index (χ0) is 29.7. The number of fused-ring (bicyclic) bond motifs is 6. The minimum Gasteiger partial charge on any atom is -0.373 e. The van der Waals surface area contributed by atoms with Crippen molar-refractivity contribution in [1.29, 1.82) is 0 Å². The van der Waals surface area contributed by atoms with Crippen LogP contribution in [0.4, 0.5) is 0 Å². The summed E-state index contributed by atoms with van der Waals surface area (Å²) in [5, 5.41) is 8.17. The summed E-state index contributed by atoms with van der Waals surface area (Å²) in [6.07, 6.45) is 15.6. The van der Waals surface area contributed by atoms with Gasteiger partial charge in [-0.25, -0.2) is 4.98 Å². The van der Waals surface area contributed by atoms with Crippen LogP contribution in [0.5, 0.6) is 0 Å². The van der Waals surface area contributed by atoms with Crippen LogP contribution in [-0.2, 0) is 0 Å². The summed E-state index contributed by atoms with van der Waals surface area (Å²) in [7, 11) is 0. The lowest BCUT2D eigenvalue weighted by atomic mass is 9.95. The molecule has 0 radical (unpaired) electrons. The van der Waals surface area contributed by atoms with Gasteiger partial charge in [0.2, 0.25) is 0 Å². The molecule has 2 aromatic carbocycles. The van der Waals surface area contributed by atoms with E-state index < -0.39 is 0 Å². The molecule has 1 N–H and O–H groups in total. The van der Waals surface area contributed by atoms with Crippen molar-refractivity contribution < 1.29 is 0 Å². The molecule has 0 fully saturated rings. The van der Waals surface area contributed by atoms with Crippen LogP contribution in [0, 0.1) is 0 Å². The minimum atomic E-state index is -0.106. The van der Waals surface area contributed by atoms with Crippen LogP contribution in [0.2, 0.25) is 0 Å². The molecular formula is C38H25N7. The molecule has 7 nitrogen and oxygen atoms in total. The van der Waals surface area contributed by atoms with E-state index in [0.29, 0.717) is 0 Å². The Morgan fingerprint density at radius 3 is 2.47 bits per heavy atom. The summed E-state index contributed by atoms with van der Waals surface area (Å²) >= 11 is 0. The average Bonchev–Trinajstić information content (AvgIpc) is 3.46. The Kier molecular flexibility index (Phi) is 5.74. The van der Waals surface area contributed by atoms with Gasteiger partial charge in [-0.2, -0.15) is 0 Å². The van der Waals surface area contributed by atoms with Crippen LogP contribution < -0.4 is 5.32 Å². The first-order valence-electron chi connectivity index (χ1n) is 14.8. The van der Waals surface area contributed by atoms with E-state index in [0.717, 1.165) is 72.1 Å². The van der Waals surface area contributed by atoms with Gasteiger partial charge in [0.15, 0.2) is 0 Å². The Hall–Kier alpha value is -6.21. The van der Waals surface area contributed by atoms with E-state index in [1.54, 1.807) is 6.20 Å². The summed E-state index contributed by atoms with van der Waals surface area (Å²) in [6.45, 7) is 0. The first-order chi connectivity index (χ1) is 22.3. The molecular weight excluding hydrogens is 554 g/mol. The largest absolute Gasteiger partial charge is 0.373 e. The first kappa shape index (κ1) is 25.3. The molecule has 0 bridgehead atoms. The van der Waals surface area contributed by atoms with Crippen molar-refractivity contribution in [2.75, 3.05) is 0 Å². The van der Waals surface area contributed by atoms with Crippen LogP contribution in [0.3, 0.4) is 0 Å². The second kappa shape index (κ2) is 10.2. The SMILES string of the molecule is C1=C(c2cnc3c(ccc4cccnc43)c2)C=C(c2cccc(-n3c4ccccc4c4ccncc43)n2)NC1c1cccnc1. The number of hydrogen-bond donors (Lipinski definition) is 1. The van der Waals surface area contributed by atoms with Crippen molar-refractivity contribution in [1.82, 2.24) is 34.8 Å². The summed E-state index contributed by atoms with van der Waals surface area (Å²) < 4.78 is 2.19. The number of allylic oxidation sites excluding steroid dienone is 2. The van der Waals surface area contributed by atoms with E-state index >= 15 is 0 Å². The molecule has 212 valence electrons. The number of nitrogens with zero attached hydrogens (tertiary/aromatic N) is 6. The predicted octanol–water partition coefficient (Wildman–Crippen LogP) is 7.83.